The zero-order valence-electron chi connectivity index (χ0n) is 9.74. The summed E-state index contributed by atoms with van der Waals surface area (Å²) in [6.45, 7) is 0.917. The second-order valence-electron chi connectivity index (χ2n) is 3.93. The largest absolute Gasteiger partial charge is 0.359 e. The predicted octanol–water partition coefficient (Wildman–Crippen LogP) is 0.334. The average Bonchev–Trinajstić information content (AvgIpc) is 2.39. The number of rotatable bonds is 3. The molecule has 0 spiro atoms. The van der Waals surface area contributed by atoms with Crippen molar-refractivity contribution in [1.29, 1.82) is 0 Å². The maximum atomic E-state index is 12.4. The van der Waals surface area contributed by atoms with Gasteiger partial charge >= 0.3 is 0 Å². The van der Waals surface area contributed by atoms with Gasteiger partial charge in [-0.25, -0.2) is 16.8 Å². The number of sulfone groups is 1. The molecule has 0 bridgehead atoms. The molecule has 2 rings (SSSR count). The van der Waals surface area contributed by atoms with Crippen LogP contribution in [-0.2, 0) is 23.6 Å². The standard InChI is InChI=1S/C10H12ClNO5S2/c11-19(15,16)9-4-2-1-3-8(9)18(13,14)10-7-12-5-6-17-10/h1-4,10,12H,5-7H2. The molecule has 1 fully saturated rings. The Bertz CT molecular complexity index is 665. The predicted molar refractivity (Wildman–Crippen MR) is 69.3 cm³/mol. The molecule has 1 aromatic rings. The minimum absolute atomic E-state index is 0.110. The van der Waals surface area contributed by atoms with Gasteiger partial charge in [0.25, 0.3) is 9.05 Å². The molecule has 0 radical (unpaired) electrons. The first-order valence-electron chi connectivity index (χ1n) is 5.43. The van der Waals surface area contributed by atoms with Gasteiger partial charge < -0.3 is 10.1 Å². The zero-order chi connectivity index (χ0) is 14.1. The van der Waals surface area contributed by atoms with E-state index in [2.05, 4.69) is 5.32 Å². The van der Waals surface area contributed by atoms with E-state index >= 15 is 0 Å². The van der Waals surface area contributed by atoms with E-state index in [4.69, 9.17) is 15.4 Å². The summed E-state index contributed by atoms with van der Waals surface area (Å²) in [4.78, 5) is -0.760. The Kier molecular flexibility index (Phi) is 4.17. The molecule has 9 heteroatoms. The van der Waals surface area contributed by atoms with Crippen molar-refractivity contribution in [3.63, 3.8) is 0 Å². The second kappa shape index (κ2) is 5.37. The third kappa shape index (κ3) is 3.09. The van der Waals surface area contributed by atoms with Crippen molar-refractivity contribution in [1.82, 2.24) is 5.32 Å². The first kappa shape index (κ1) is 14.7. The van der Waals surface area contributed by atoms with E-state index in [1.807, 2.05) is 0 Å². The molecule has 1 N–H and O–H groups in total. The van der Waals surface area contributed by atoms with Crippen molar-refractivity contribution in [3.05, 3.63) is 24.3 Å². The highest BCUT2D eigenvalue weighted by Gasteiger charge is 2.34. The van der Waals surface area contributed by atoms with E-state index in [0.29, 0.717) is 6.54 Å². The van der Waals surface area contributed by atoms with E-state index in [0.717, 1.165) is 6.07 Å². The Hall–Kier alpha value is -0.670. The minimum Gasteiger partial charge on any atom is -0.359 e. The molecular weight excluding hydrogens is 314 g/mol. The van der Waals surface area contributed by atoms with E-state index in [1.165, 1.54) is 18.2 Å². The average molecular weight is 326 g/mol. The van der Waals surface area contributed by atoms with Crippen LogP contribution in [0.3, 0.4) is 0 Å². The van der Waals surface area contributed by atoms with Gasteiger partial charge in [-0.2, -0.15) is 0 Å². The lowest BCUT2D eigenvalue weighted by molar-refractivity contribution is 0.0784. The molecule has 1 aromatic carbocycles. The van der Waals surface area contributed by atoms with Crippen molar-refractivity contribution in [2.45, 2.75) is 15.2 Å². The number of nitrogens with one attached hydrogen (secondary N) is 1. The molecule has 1 atom stereocenters. The van der Waals surface area contributed by atoms with Crippen LogP contribution in [0.2, 0.25) is 0 Å². The molecule has 1 aliphatic rings. The van der Waals surface area contributed by atoms with Crippen molar-refractivity contribution in [3.8, 4) is 0 Å². The number of morpholine rings is 1. The van der Waals surface area contributed by atoms with Gasteiger partial charge in [0.05, 0.1) is 11.5 Å². The smallest absolute Gasteiger partial charge is 0.262 e. The molecule has 0 amide bonds. The lowest BCUT2D eigenvalue weighted by atomic mass is 10.4. The summed E-state index contributed by atoms with van der Waals surface area (Å²) in [6, 6.07) is 5.22. The number of ether oxygens (including phenoxy) is 1. The van der Waals surface area contributed by atoms with Gasteiger partial charge in [0.2, 0.25) is 9.84 Å². The first-order chi connectivity index (χ1) is 8.83. The molecule has 6 nitrogen and oxygen atoms in total. The van der Waals surface area contributed by atoms with Crippen LogP contribution < -0.4 is 5.32 Å². The molecule has 0 aliphatic carbocycles. The molecule has 1 heterocycles. The zero-order valence-corrected chi connectivity index (χ0v) is 12.1. The summed E-state index contributed by atoms with van der Waals surface area (Å²) in [7, 11) is -2.80. The summed E-state index contributed by atoms with van der Waals surface area (Å²) >= 11 is 0. The van der Waals surface area contributed by atoms with Crippen molar-refractivity contribution in [2.75, 3.05) is 19.7 Å². The van der Waals surface area contributed by atoms with Crippen molar-refractivity contribution >= 4 is 29.6 Å². The molecule has 106 valence electrons. The summed E-state index contributed by atoms with van der Waals surface area (Å²) in [5.74, 6) is 0. The highest BCUT2D eigenvalue weighted by atomic mass is 35.7. The summed E-state index contributed by atoms with van der Waals surface area (Å²) in [5.41, 5.74) is -1.11. The molecule has 19 heavy (non-hydrogen) atoms. The Labute approximate surface area is 116 Å². The van der Waals surface area contributed by atoms with Crippen LogP contribution in [-0.4, -0.2) is 42.0 Å². The van der Waals surface area contributed by atoms with Crippen LogP contribution in [0.15, 0.2) is 34.1 Å². The van der Waals surface area contributed by atoms with Crippen molar-refractivity contribution < 1.29 is 21.6 Å². The third-order valence-electron chi connectivity index (χ3n) is 2.66. The first-order valence-corrected chi connectivity index (χ1v) is 9.29. The lowest BCUT2D eigenvalue weighted by Gasteiger charge is -2.24. The highest BCUT2D eigenvalue weighted by Crippen LogP contribution is 2.27. The Morgan fingerprint density at radius 3 is 2.32 bits per heavy atom. The van der Waals surface area contributed by atoms with Crippen LogP contribution in [0, 0.1) is 0 Å². The topological polar surface area (TPSA) is 89.5 Å². The van der Waals surface area contributed by atoms with Crippen LogP contribution in [0.1, 0.15) is 0 Å². The van der Waals surface area contributed by atoms with Gasteiger partial charge in [0.15, 0.2) is 5.44 Å². The van der Waals surface area contributed by atoms with Gasteiger partial charge in [-0.05, 0) is 12.1 Å². The van der Waals surface area contributed by atoms with Crippen molar-refractivity contribution in [2.24, 2.45) is 0 Å². The Morgan fingerprint density at radius 1 is 1.16 bits per heavy atom. The molecule has 1 saturated heterocycles. The van der Waals surface area contributed by atoms with Gasteiger partial charge in [0.1, 0.15) is 4.90 Å². The maximum Gasteiger partial charge on any atom is 0.262 e. The summed E-state index contributed by atoms with van der Waals surface area (Å²) < 4.78 is 52.8. The number of benzene rings is 1. The van der Waals surface area contributed by atoms with Gasteiger partial charge in [-0.15, -0.1) is 0 Å². The van der Waals surface area contributed by atoms with E-state index in [-0.39, 0.29) is 18.0 Å². The van der Waals surface area contributed by atoms with Crippen LogP contribution in [0.4, 0.5) is 0 Å². The quantitative estimate of drug-likeness (QED) is 0.806. The van der Waals surface area contributed by atoms with Crippen LogP contribution in [0.5, 0.6) is 0 Å². The van der Waals surface area contributed by atoms with Gasteiger partial charge in [-0.1, -0.05) is 12.1 Å². The second-order valence-corrected chi connectivity index (χ2v) is 8.52. The van der Waals surface area contributed by atoms with E-state index in [9.17, 15) is 16.8 Å². The molecule has 0 aromatic heterocycles. The molecular formula is C10H12ClNO5S2. The Balaban J connectivity index is 2.52. The normalized spacial score (nSPS) is 21.2. The Morgan fingerprint density at radius 2 is 1.79 bits per heavy atom. The monoisotopic (exact) mass is 325 g/mol. The van der Waals surface area contributed by atoms with Crippen LogP contribution in [0.25, 0.3) is 0 Å². The SMILES string of the molecule is O=S(=O)(Cl)c1ccccc1S(=O)(=O)C1CNCCO1. The molecule has 1 aliphatic heterocycles. The minimum atomic E-state index is -4.14. The fraction of sp³-hybridized carbons (Fsp3) is 0.400. The van der Waals surface area contributed by atoms with Crippen LogP contribution >= 0.6 is 10.7 Å². The van der Waals surface area contributed by atoms with E-state index in [1.54, 1.807) is 0 Å². The fourth-order valence-corrected chi connectivity index (χ4v) is 5.05. The highest BCUT2D eigenvalue weighted by molar-refractivity contribution is 8.14. The van der Waals surface area contributed by atoms with E-state index < -0.39 is 29.2 Å². The number of halogens is 1. The summed E-state index contributed by atoms with van der Waals surface area (Å²) in [6.07, 6.45) is 0. The van der Waals surface area contributed by atoms with Gasteiger partial charge in [0, 0.05) is 23.8 Å². The number of hydrogen-bond acceptors (Lipinski definition) is 6. The lowest BCUT2D eigenvalue weighted by Crippen LogP contribution is -2.43. The summed E-state index contributed by atoms with van der Waals surface area (Å²) in [5, 5.41) is 2.88. The fourth-order valence-electron chi connectivity index (χ4n) is 1.77. The van der Waals surface area contributed by atoms with Gasteiger partial charge in [-0.3, -0.25) is 0 Å². The maximum absolute atomic E-state index is 12.4. The third-order valence-corrected chi connectivity index (χ3v) is 6.13. The molecule has 0 saturated carbocycles. The molecule has 1 unspecified atom stereocenters. The number of hydrogen-bond donors (Lipinski definition) is 1.